The molecule has 1 aromatic carbocycles. The molecule has 0 bridgehead atoms. The van der Waals surface area contributed by atoms with Crippen LogP contribution < -0.4 is 10.2 Å². The number of anilines is 1. The largest absolute Gasteiger partial charge is 0.370 e. The molecular weight excluding hydrogens is 264 g/mol. The maximum Gasteiger partial charge on any atom is 0.0427 e. The predicted octanol–water partition coefficient (Wildman–Crippen LogP) is 3.39. The van der Waals surface area contributed by atoms with Crippen LogP contribution in [-0.2, 0) is 6.54 Å². The van der Waals surface area contributed by atoms with Crippen molar-refractivity contribution in [1.29, 1.82) is 0 Å². The summed E-state index contributed by atoms with van der Waals surface area (Å²) in [4.78, 5) is 2.46. The van der Waals surface area contributed by atoms with Gasteiger partial charge in [-0.05, 0) is 30.7 Å². The molecule has 18 heavy (non-hydrogen) atoms. The van der Waals surface area contributed by atoms with E-state index in [0.717, 1.165) is 31.2 Å². The highest BCUT2D eigenvalue weighted by Gasteiger charge is 2.14. The van der Waals surface area contributed by atoms with Gasteiger partial charge in [-0.2, -0.15) is 11.8 Å². The summed E-state index contributed by atoms with van der Waals surface area (Å²) in [6, 6.07) is 6.26. The van der Waals surface area contributed by atoms with E-state index < -0.39 is 0 Å². The van der Waals surface area contributed by atoms with Gasteiger partial charge in [0, 0.05) is 41.8 Å². The standard InChI is InChI=1S/C14H21ClN2S/c1-2-5-16-11-12-3-4-13(15)10-14(12)17-6-8-18-9-7-17/h3-4,10,16H,2,5-9,11H2,1H3. The maximum atomic E-state index is 6.15. The van der Waals surface area contributed by atoms with Gasteiger partial charge in [0.1, 0.15) is 0 Å². The van der Waals surface area contributed by atoms with E-state index in [0.29, 0.717) is 0 Å². The molecular formula is C14H21ClN2S. The van der Waals surface area contributed by atoms with Gasteiger partial charge in [0.2, 0.25) is 0 Å². The highest BCUT2D eigenvalue weighted by Crippen LogP contribution is 2.27. The fraction of sp³-hybridized carbons (Fsp3) is 0.571. The van der Waals surface area contributed by atoms with Gasteiger partial charge < -0.3 is 10.2 Å². The number of hydrogen-bond donors (Lipinski definition) is 1. The zero-order chi connectivity index (χ0) is 12.8. The zero-order valence-corrected chi connectivity index (χ0v) is 12.5. The molecule has 1 N–H and O–H groups in total. The van der Waals surface area contributed by atoms with Crippen LogP contribution in [0.5, 0.6) is 0 Å². The van der Waals surface area contributed by atoms with Crippen LogP contribution in [0.1, 0.15) is 18.9 Å². The molecule has 0 atom stereocenters. The zero-order valence-electron chi connectivity index (χ0n) is 10.9. The van der Waals surface area contributed by atoms with Crippen molar-refractivity contribution in [2.75, 3.05) is 36.0 Å². The highest BCUT2D eigenvalue weighted by atomic mass is 35.5. The first-order valence-corrected chi connectivity index (χ1v) is 8.16. The Hall–Kier alpha value is -0.380. The Balaban J connectivity index is 2.11. The summed E-state index contributed by atoms with van der Waals surface area (Å²) in [6.45, 7) is 6.46. The molecule has 0 radical (unpaired) electrons. The van der Waals surface area contributed by atoms with E-state index in [4.69, 9.17) is 11.6 Å². The number of nitrogens with zero attached hydrogens (tertiary/aromatic N) is 1. The Morgan fingerprint density at radius 2 is 2.11 bits per heavy atom. The third-order valence-electron chi connectivity index (χ3n) is 3.14. The fourth-order valence-electron chi connectivity index (χ4n) is 2.18. The highest BCUT2D eigenvalue weighted by molar-refractivity contribution is 7.99. The van der Waals surface area contributed by atoms with Crippen LogP contribution in [0.25, 0.3) is 0 Å². The molecule has 100 valence electrons. The minimum Gasteiger partial charge on any atom is -0.370 e. The van der Waals surface area contributed by atoms with E-state index in [-0.39, 0.29) is 0 Å². The Morgan fingerprint density at radius 3 is 2.83 bits per heavy atom. The second-order valence-corrected chi connectivity index (χ2v) is 6.21. The lowest BCUT2D eigenvalue weighted by atomic mass is 10.1. The summed E-state index contributed by atoms with van der Waals surface area (Å²) >= 11 is 8.18. The molecule has 1 heterocycles. The number of halogens is 1. The van der Waals surface area contributed by atoms with Crippen molar-refractivity contribution < 1.29 is 0 Å². The molecule has 0 spiro atoms. The first-order valence-electron chi connectivity index (χ1n) is 6.63. The summed E-state index contributed by atoms with van der Waals surface area (Å²) in [6.07, 6.45) is 1.17. The molecule has 0 aromatic heterocycles. The normalized spacial score (nSPS) is 16.0. The Bertz CT molecular complexity index is 378. The molecule has 4 heteroatoms. The van der Waals surface area contributed by atoms with Crippen LogP contribution in [0.3, 0.4) is 0 Å². The molecule has 2 rings (SSSR count). The minimum atomic E-state index is 0.836. The molecule has 1 aromatic rings. The van der Waals surface area contributed by atoms with E-state index >= 15 is 0 Å². The number of benzene rings is 1. The van der Waals surface area contributed by atoms with Gasteiger partial charge in [0.25, 0.3) is 0 Å². The van der Waals surface area contributed by atoms with Crippen molar-refractivity contribution >= 4 is 29.1 Å². The topological polar surface area (TPSA) is 15.3 Å². The van der Waals surface area contributed by atoms with Crippen LogP contribution in [0.4, 0.5) is 5.69 Å². The molecule has 0 unspecified atom stereocenters. The number of thioether (sulfide) groups is 1. The molecule has 2 nitrogen and oxygen atoms in total. The smallest absolute Gasteiger partial charge is 0.0427 e. The van der Waals surface area contributed by atoms with Crippen LogP contribution in [0, 0.1) is 0 Å². The monoisotopic (exact) mass is 284 g/mol. The van der Waals surface area contributed by atoms with Crippen molar-refractivity contribution in [2.45, 2.75) is 19.9 Å². The maximum absolute atomic E-state index is 6.15. The van der Waals surface area contributed by atoms with Gasteiger partial charge in [-0.1, -0.05) is 24.6 Å². The molecule has 1 aliphatic heterocycles. The van der Waals surface area contributed by atoms with E-state index in [2.05, 4.69) is 29.3 Å². The van der Waals surface area contributed by atoms with Gasteiger partial charge in [-0.3, -0.25) is 0 Å². The number of nitrogens with one attached hydrogen (secondary N) is 1. The average Bonchev–Trinajstić information content (AvgIpc) is 2.41. The van der Waals surface area contributed by atoms with E-state index in [1.165, 1.54) is 29.2 Å². The van der Waals surface area contributed by atoms with Crippen molar-refractivity contribution in [3.05, 3.63) is 28.8 Å². The van der Waals surface area contributed by atoms with Crippen molar-refractivity contribution in [2.24, 2.45) is 0 Å². The summed E-state index contributed by atoms with van der Waals surface area (Å²) in [5.74, 6) is 2.43. The summed E-state index contributed by atoms with van der Waals surface area (Å²) in [5, 5.41) is 4.31. The summed E-state index contributed by atoms with van der Waals surface area (Å²) in [7, 11) is 0. The molecule has 1 saturated heterocycles. The molecule has 1 aliphatic rings. The third-order valence-corrected chi connectivity index (χ3v) is 4.32. The Morgan fingerprint density at radius 1 is 1.33 bits per heavy atom. The summed E-state index contributed by atoms with van der Waals surface area (Å²) in [5.41, 5.74) is 2.67. The minimum absolute atomic E-state index is 0.836. The fourth-order valence-corrected chi connectivity index (χ4v) is 3.25. The van der Waals surface area contributed by atoms with E-state index in [1.54, 1.807) is 0 Å². The molecule has 0 amide bonds. The Kier molecular flexibility index (Phi) is 5.67. The number of hydrogen-bond acceptors (Lipinski definition) is 3. The van der Waals surface area contributed by atoms with Crippen LogP contribution in [-0.4, -0.2) is 31.1 Å². The van der Waals surface area contributed by atoms with Crippen molar-refractivity contribution in [1.82, 2.24) is 5.32 Å². The third kappa shape index (κ3) is 3.81. The van der Waals surface area contributed by atoms with Crippen molar-refractivity contribution in [3.8, 4) is 0 Å². The Labute approximate surface area is 119 Å². The first kappa shape index (κ1) is 14.0. The average molecular weight is 285 g/mol. The van der Waals surface area contributed by atoms with E-state index in [1.807, 2.05) is 17.8 Å². The first-order chi connectivity index (χ1) is 8.81. The van der Waals surface area contributed by atoms with Crippen LogP contribution in [0.15, 0.2) is 18.2 Å². The van der Waals surface area contributed by atoms with Crippen LogP contribution in [0.2, 0.25) is 5.02 Å². The van der Waals surface area contributed by atoms with Gasteiger partial charge in [0.15, 0.2) is 0 Å². The molecule has 1 fully saturated rings. The molecule has 0 saturated carbocycles. The quantitative estimate of drug-likeness (QED) is 0.835. The lowest BCUT2D eigenvalue weighted by Gasteiger charge is -2.30. The van der Waals surface area contributed by atoms with Crippen LogP contribution >= 0.6 is 23.4 Å². The van der Waals surface area contributed by atoms with Gasteiger partial charge in [-0.25, -0.2) is 0 Å². The second kappa shape index (κ2) is 7.27. The van der Waals surface area contributed by atoms with Gasteiger partial charge in [0.05, 0.1) is 0 Å². The predicted molar refractivity (Wildman–Crippen MR) is 83.0 cm³/mol. The second-order valence-electron chi connectivity index (χ2n) is 4.55. The number of rotatable bonds is 5. The summed E-state index contributed by atoms with van der Waals surface area (Å²) < 4.78 is 0. The lowest BCUT2D eigenvalue weighted by Crippen LogP contribution is -2.33. The van der Waals surface area contributed by atoms with E-state index in [9.17, 15) is 0 Å². The van der Waals surface area contributed by atoms with Crippen molar-refractivity contribution in [3.63, 3.8) is 0 Å². The SMILES string of the molecule is CCCNCc1ccc(Cl)cc1N1CCSCC1. The molecule has 0 aliphatic carbocycles. The van der Waals surface area contributed by atoms with Gasteiger partial charge in [-0.15, -0.1) is 0 Å². The lowest BCUT2D eigenvalue weighted by molar-refractivity contribution is 0.673. The van der Waals surface area contributed by atoms with Gasteiger partial charge >= 0.3 is 0 Å².